The monoisotopic (exact) mass is 373 g/mol. The molecule has 5 heteroatoms. The van der Waals surface area contributed by atoms with Crippen molar-refractivity contribution in [2.75, 3.05) is 6.61 Å². The van der Waals surface area contributed by atoms with E-state index in [1.807, 2.05) is 30.5 Å². The Morgan fingerprint density at radius 3 is 2.69 bits per heavy atom. The second-order valence-corrected chi connectivity index (χ2v) is 6.74. The lowest BCUT2D eigenvalue weighted by molar-refractivity contribution is -0.143. The number of nitrogens with one attached hydrogen (secondary N) is 1. The zero-order chi connectivity index (χ0) is 18.4. The van der Waals surface area contributed by atoms with Crippen molar-refractivity contribution in [2.45, 2.75) is 32.1 Å². The van der Waals surface area contributed by atoms with Crippen LogP contribution in [-0.2, 0) is 22.4 Å². The quantitative estimate of drug-likeness (QED) is 0.421. The molecule has 0 aliphatic rings. The normalized spacial score (nSPS) is 11.0. The highest BCUT2D eigenvalue weighted by molar-refractivity contribution is 6.30. The SMILES string of the molecule is O=C(CCCc1ccc(Cl)cc1)OCCCc1c[nH]c2ccc(F)cc12. The van der Waals surface area contributed by atoms with Crippen molar-refractivity contribution in [3.63, 3.8) is 0 Å². The van der Waals surface area contributed by atoms with Gasteiger partial charge in [0.25, 0.3) is 0 Å². The first kappa shape index (κ1) is 18.5. The summed E-state index contributed by atoms with van der Waals surface area (Å²) in [5.41, 5.74) is 3.12. The highest BCUT2D eigenvalue weighted by Crippen LogP contribution is 2.20. The fraction of sp³-hybridized carbons (Fsp3) is 0.286. The number of halogens is 2. The molecule has 0 bridgehead atoms. The van der Waals surface area contributed by atoms with Crippen molar-refractivity contribution in [2.24, 2.45) is 0 Å². The van der Waals surface area contributed by atoms with Crippen molar-refractivity contribution < 1.29 is 13.9 Å². The molecule has 0 saturated carbocycles. The number of fused-ring (bicyclic) bond motifs is 1. The van der Waals surface area contributed by atoms with Crippen LogP contribution in [0.1, 0.15) is 30.4 Å². The van der Waals surface area contributed by atoms with Crippen LogP contribution in [0.25, 0.3) is 10.9 Å². The molecule has 0 aliphatic carbocycles. The second kappa shape index (κ2) is 8.86. The maximum atomic E-state index is 13.4. The van der Waals surface area contributed by atoms with Gasteiger partial charge in [-0.2, -0.15) is 0 Å². The van der Waals surface area contributed by atoms with Crippen molar-refractivity contribution >= 4 is 28.5 Å². The first-order valence-corrected chi connectivity index (χ1v) is 9.15. The summed E-state index contributed by atoms with van der Waals surface area (Å²) >= 11 is 5.85. The molecule has 26 heavy (non-hydrogen) atoms. The van der Waals surface area contributed by atoms with Crippen LogP contribution in [0, 0.1) is 5.82 Å². The van der Waals surface area contributed by atoms with Gasteiger partial charge in [0.15, 0.2) is 0 Å². The van der Waals surface area contributed by atoms with Crippen molar-refractivity contribution in [1.29, 1.82) is 0 Å². The van der Waals surface area contributed by atoms with E-state index in [0.29, 0.717) is 24.5 Å². The number of aryl methyl sites for hydroxylation is 2. The Labute approximate surface area is 157 Å². The van der Waals surface area contributed by atoms with Gasteiger partial charge in [0.1, 0.15) is 5.82 Å². The van der Waals surface area contributed by atoms with E-state index in [0.717, 1.165) is 41.3 Å². The molecule has 0 spiro atoms. The Kier molecular flexibility index (Phi) is 6.29. The van der Waals surface area contributed by atoms with Crippen molar-refractivity contribution in [3.8, 4) is 0 Å². The number of hydrogen-bond acceptors (Lipinski definition) is 2. The topological polar surface area (TPSA) is 42.1 Å². The molecule has 3 aromatic rings. The molecule has 0 atom stereocenters. The second-order valence-electron chi connectivity index (χ2n) is 6.31. The summed E-state index contributed by atoms with van der Waals surface area (Å²) in [6.07, 6.45) is 5.32. The van der Waals surface area contributed by atoms with Gasteiger partial charge in [-0.05, 0) is 67.1 Å². The van der Waals surface area contributed by atoms with Crippen LogP contribution in [-0.4, -0.2) is 17.6 Å². The average molecular weight is 374 g/mol. The van der Waals surface area contributed by atoms with Crippen LogP contribution >= 0.6 is 11.6 Å². The van der Waals surface area contributed by atoms with E-state index in [2.05, 4.69) is 4.98 Å². The predicted octanol–water partition coefficient (Wildman–Crippen LogP) is 5.46. The minimum atomic E-state index is -0.245. The molecule has 1 heterocycles. The van der Waals surface area contributed by atoms with E-state index >= 15 is 0 Å². The molecule has 3 rings (SSSR count). The van der Waals surface area contributed by atoms with E-state index in [1.54, 1.807) is 6.07 Å². The van der Waals surface area contributed by atoms with Crippen LogP contribution in [0.5, 0.6) is 0 Å². The lowest BCUT2D eigenvalue weighted by Gasteiger charge is -2.05. The molecule has 136 valence electrons. The first-order valence-electron chi connectivity index (χ1n) is 8.77. The smallest absolute Gasteiger partial charge is 0.305 e. The zero-order valence-electron chi connectivity index (χ0n) is 14.4. The van der Waals surface area contributed by atoms with E-state index in [1.165, 1.54) is 12.1 Å². The number of H-pyrrole nitrogens is 1. The Hall–Kier alpha value is -2.33. The van der Waals surface area contributed by atoms with Crippen LogP contribution < -0.4 is 0 Å². The van der Waals surface area contributed by atoms with Gasteiger partial charge in [-0.25, -0.2) is 4.39 Å². The minimum absolute atomic E-state index is 0.177. The van der Waals surface area contributed by atoms with E-state index in [9.17, 15) is 9.18 Å². The molecule has 3 nitrogen and oxygen atoms in total. The first-order chi connectivity index (χ1) is 12.6. The summed E-state index contributed by atoms with van der Waals surface area (Å²) in [7, 11) is 0. The molecular weight excluding hydrogens is 353 g/mol. The van der Waals surface area contributed by atoms with Gasteiger partial charge in [0.05, 0.1) is 6.61 Å². The van der Waals surface area contributed by atoms with Gasteiger partial charge < -0.3 is 9.72 Å². The number of aromatic amines is 1. The van der Waals surface area contributed by atoms with Crippen molar-refractivity contribution in [1.82, 2.24) is 4.98 Å². The van der Waals surface area contributed by atoms with E-state index in [-0.39, 0.29) is 11.8 Å². The summed E-state index contributed by atoms with van der Waals surface area (Å²) < 4.78 is 18.6. The highest BCUT2D eigenvalue weighted by Gasteiger charge is 2.07. The number of esters is 1. The summed E-state index contributed by atoms with van der Waals surface area (Å²) in [5.74, 6) is -0.422. The van der Waals surface area contributed by atoms with Crippen LogP contribution in [0.2, 0.25) is 5.02 Å². The molecular formula is C21H21ClFNO2. The molecule has 0 saturated heterocycles. The maximum Gasteiger partial charge on any atom is 0.305 e. The van der Waals surface area contributed by atoms with Gasteiger partial charge in [-0.1, -0.05) is 23.7 Å². The zero-order valence-corrected chi connectivity index (χ0v) is 15.2. The van der Waals surface area contributed by atoms with E-state index < -0.39 is 0 Å². The Morgan fingerprint density at radius 1 is 1.08 bits per heavy atom. The highest BCUT2D eigenvalue weighted by atomic mass is 35.5. The number of hydrogen-bond donors (Lipinski definition) is 1. The fourth-order valence-electron chi connectivity index (χ4n) is 2.97. The van der Waals surface area contributed by atoms with Gasteiger partial charge in [-0.3, -0.25) is 4.79 Å². The number of carbonyl (C=O) groups excluding carboxylic acids is 1. The molecule has 0 aliphatic heterocycles. The fourth-order valence-corrected chi connectivity index (χ4v) is 3.09. The van der Waals surface area contributed by atoms with Gasteiger partial charge in [0.2, 0.25) is 0 Å². The molecule has 0 amide bonds. The van der Waals surface area contributed by atoms with E-state index in [4.69, 9.17) is 16.3 Å². The molecule has 2 aromatic carbocycles. The lowest BCUT2D eigenvalue weighted by Crippen LogP contribution is -2.07. The third kappa shape index (κ3) is 5.09. The predicted molar refractivity (Wildman–Crippen MR) is 102 cm³/mol. The molecule has 1 aromatic heterocycles. The van der Waals surface area contributed by atoms with Gasteiger partial charge in [-0.15, -0.1) is 0 Å². The third-order valence-electron chi connectivity index (χ3n) is 4.34. The largest absolute Gasteiger partial charge is 0.466 e. The molecule has 0 radical (unpaired) electrons. The maximum absolute atomic E-state index is 13.4. The third-order valence-corrected chi connectivity index (χ3v) is 4.59. The van der Waals surface area contributed by atoms with Gasteiger partial charge in [0, 0.05) is 28.5 Å². The summed E-state index contributed by atoms with van der Waals surface area (Å²) in [6.45, 7) is 0.377. The summed E-state index contributed by atoms with van der Waals surface area (Å²) in [5, 5.41) is 1.60. The average Bonchev–Trinajstić information content (AvgIpc) is 3.02. The lowest BCUT2D eigenvalue weighted by atomic mass is 10.1. The Bertz CT molecular complexity index is 873. The number of carbonyl (C=O) groups is 1. The number of benzene rings is 2. The molecule has 0 fully saturated rings. The minimum Gasteiger partial charge on any atom is -0.466 e. The number of rotatable bonds is 8. The number of aromatic nitrogens is 1. The Morgan fingerprint density at radius 2 is 1.88 bits per heavy atom. The molecule has 1 N–H and O–H groups in total. The standard InChI is InChI=1S/C21H21ClFNO2/c22-17-8-6-15(7-9-17)3-1-5-21(25)26-12-2-4-16-14-24-20-11-10-18(23)13-19(16)20/h6-11,13-14,24H,1-5,12H2. The van der Waals surface area contributed by atoms with Crippen molar-refractivity contribution in [3.05, 3.63) is 70.6 Å². The molecule has 0 unspecified atom stereocenters. The van der Waals surface area contributed by atoms with Crippen LogP contribution in [0.3, 0.4) is 0 Å². The van der Waals surface area contributed by atoms with Crippen LogP contribution in [0.15, 0.2) is 48.7 Å². The summed E-state index contributed by atoms with van der Waals surface area (Å²) in [6, 6.07) is 12.3. The number of ether oxygens (including phenoxy) is 1. The van der Waals surface area contributed by atoms with Crippen LogP contribution in [0.4, 0.5) is 4.39 Å². The van der Waals surface area contributed by atoms with Gasteiger partial charge >= 0.3 is 5.97 Å². The summed E-state index contributed by atoms with van der Waals surface area (Å²) in [4.78, 5) is 14.9. The Balaban J connectivity index is 1.35.